The van der Waals surface area contributed by atoms with E-state index >= 15 is 0 Å². The predicted octanol–water partition coefficient (Wildman–Crippen LogP) is 10.6. The fraction of sp³-hybridized carbons (Fsp3) is 0.0750. The Kier molecular flexibility index (Phi) is 10.5. The van der Waals surface area contributed by atoms with E-state index in [2.05, 4.69) is 26.2 Å². The number of phenols is 1. The van der Waals surface area contributed by atoms with Crippen molar-refractivity contribution in [3.63, 3.8) is 0 Å². The zero-order valence-corrected chi connectivity index (χ0v) is 29.6. The van der Waals surface area contributed by atoms with Crippen molar-refractivity contribution < 1.29 is 24.2 Å². The molecule has 6 aromatic carbocycles. The maximum Gasteiger partial charge on any atom is 0.259 e. The number of halogens is 2. The number of aromatic hydroxyl groups is 1. The molecule has 0 aromatic heterocycles. The molecule has 6 aromatic rings. The van der Waals surface area contributed by atoms with E-state index in [1.807, 2.05) is 13.0 Å². The van der Waals surface area contributed by atoms with Gasteiger partial charge in [-0.2, -0.15) is 0 Å². The number of nitrogens with zero attached hydrogens (tertiary/aromatic N) is 2. The molecule has 0 heterocycles. The summed E-state index contributed by atoms with van der Waals surface area (Å²) in [5, 5.41) is 30.7. The molecule has 6 rings (SSSR count). The standard InChI is InChI=1S/C40H31Cl2N5O5/c1-22-17-27(41)11-14-32(22)44-39(50)24-9-13-30-26(19-24)20-31(40(51)45-33-15-12-28(42)18-23(33)2)37(48)36(30)47-46-34-21-25(10-16-35(34)52-3)38(49)43-29-7-5-4-6-8-29/h4-21,48H,1-3H3,(H,43,49)(H,44,50)(H,45,51). The summed E-state index contributed by atoms with van der Waals surface area (Å²) in [4.78, 5) is 40.2. The first kappa shape index (κ1) is 35.6. The number of fused-ring (bicyclic) bond motifs is 1. The highest BCUT2D eigenvalue weighted by atomic mass is 35.5. The number of benzene rings is 6. The number of amides is 3. The monoisotopic (exact) mass is 731 g/mol. The minimum Gasteiger partial charge on any atom is -0.505 e. The molecular formula is C40H31Cl2N5O5. The summed E-state index contributed by atoms with van der Waals surface area (Å²) in [5.74, 6) is -1.56. The molecule has 0 aliphatic carbocycles. The Balaban J connectivity index is 1.41. The molecule has 10 nitrogen and oxygen atoms in total. The molecule has 0 unspecified atom stereocenters. The molecule has 0 bridgehead atoms. The van der Waals surface area contributed by atoms with Crippen LogP contribution in [-0.4, -0.2) is 29.9 Å². The number of methoxy groups -OCH3 is 1. The van der Waals surface area contributed by atoms with E-state index in [-0.39, 0.29) is 34.0 Å². The lowest BCUT2D eigenvalue weighted by Crippen LogP contribution is -2.14. The van der Waals surface area contributed by atoms with Crippen LogP contribution in [0.5, 0.6) is 11.5 Å². The Morgan fingerprint density at radius 2 is 1.25 bits per heavy atom. The van der Waals surface area contributed by atoms with Crippen molar-refractivity contribution in [3.05, 3.63) is 147 Å². The highest BCUT2D eigenvalue weighted by molar-refractivity contribution is 6.31. The lowest BCUT2D eigenvalue weighted by atomic mass is 10.00. The topological polar surface area (TPSA) is 141 Å². The molecule has 0 saturated heterocycles. The number of para-hydroxylation sites is 1. The number of aryl methyl sites for hydroxylation is 2. The molecule has 0 atom stereocenters. The SMILES string of the molecule is COc1ccc(C(=O)Nc2ccccc2)cc1N=Nc1c(O)c(C(=O)Nc2ccc(Cl)cc2C)cc2cc(C(=O)Nc3ccc(Cl)cc3C)ccc12. The van der Waals surface area contributed by atoms with Crippen LogP contribution in [0.25, 0.3) is 10.8 Å². The Labute approximate surface area is 309 Å². The average Bonchev–Trinajstić information content (AvgIpc) is 3.13. The molecular weight excluding hydrogens is 701 g/mol. The van der Waals surface area contributed by atoms with E-state index in [1.54, 1.807) is 97.9 Å². The van der Waals surface area contributed by atoms with E-state index in [1.165, 1.54) is 19.2 Å². The van der Waals surface area contributed by atoms with E-state index in [9.17, 15) is 19.5 Å². The molecule has 4 N–H and O–H groups in total. The van der Waals surface area contributed by atoms with Crippen molar-refractivity contribution >= 4 is 80.1 Å². The molecule has 0 fully saturated rings. The van der Waals surface area contributed by atoms with Gasteiger partial charge in [-0.05, 0) is 115 Å². The minimum atomic E-state index is -0.634. The number of hydrogen-bond donors (Lipinski definition) is 4. The summed E-state index contributed by atoms with van der Waals surface area (Å²) < 4.78 is 5.48. The normalized spacial score (nSPS) is 11.0. The highest BCUT2D eigenvalue weighted by Gasteiger charge is 2.21. The Hall–Kier alpha value is -6.23. The zero-order valence-electron chi connectivity index (χ0n) is 28.1. The number of hydrogen-bond acceptors (Lipinski definition) is 7. The van der Waals surface area contributed by atoms with Gasteiger partial charge >= 0.3 is 0 Å². The number of carbonyl (C=O) groups is 3. The Morgan fingerprint density at radius 3 is 1.88 bits per heavy atom. The first-order valence-electron chi connectivity index (χ1n) is 15.9. The number of nitrogens with one attached hydrogen (secondary N) is 3. The number of carbonyl (C=O) groups excluding carboxylic acids is 3. The van der Waals surface area contributed by atoms with E-state index in [0.29, 0.717) is 49.2 Å². The molecule has 0 radical (unpaired) electrons. The molecule has 12 heteroatoms. The first-order valence-corrected chi connectivity index (χ1v) is 16.7. The molecule has 260 valence electrons. The van der Waals surface area contributed by atoms with E-state index in [0.717, 1.165) is 5.56 Å². The van der Waals surface area contributed by atoms with Gasteiger partial charge in [-0.15, -0.1) is 10.2 Å². The predicted molar refractivity (Wildman–Crippen MR) is 205 cm³/mol. The van der Waals surface area contributed by atoms with Crippen LogP contribution in [0, 0.1) is 13.8 Å². The summed E-state index contributed by atoms with van der Waals surface area (Å²) in [6.45, 7) is 3.62. The summed E-state index contributed by atoms with van der Waals surface area (Å²) in [5.41, 5.74) is 3.77. The molecule has 52 heavy (non-hydrogen) atoms. The number of azo groups is 1. The fourth-order valence-corrected chi connectivity index (χ4v) is 5.90. The van der Waals surface area contributed by atoms with Crippen LogP contribution in [0.15, 0.2) is 119 Å². The van der Waals surface area contributed by atoms with Crippen molar-refractivity contribution in [3.8, 4) is 11.5 Å². The largest absolute Gasteiger partial charge is 0.505 e. The molecule has 0 aliphatic heterocycles. The van der Waals surface area contributed by atoms with Crippen LogP contribution < -0.4 is 20.7 Å². The number of ether oxygens (including phenoxy) is 1. The van der Waals surface area contributed by atoms with Gasteiger partial charge in [0.05, 0.1) is 12.7 Å². The number of anilines is 3. The maximum absolute atomic E-state index is 13.7. The summed E-state index contributed by atoms with van der Waals surface area (Å²) >= 11 is 12.2. The van der Waals surface area contributed by atoms with Crippen LogP contribution in [0.3, 0.4) is 0 Å². The van der Waals surface area contributed by atoms with Crippen molar-refractivity contribution in [1.29, 1.82) is 0 Å². The third-order valence-corrected chi connectivity index (χ3v) is 8.67. The Morgan fingerprint density at radius 1 is 0.654 bits per heavy atom. The van der Waals surface area contributed by atoms with Gasteiger partial charge in [-0.1, -0.05) is 47.5 Å². The third-order valence-electron chi connectivity index (χ3n) is 8.20. The number of phenolic OH excluding ortho intramolecular Hbond substituents is 1. The van der Waals surface area contributed by atoms with E-state index < -0.39 is 17.6 Å². The van der Waals surface area contributed by atoms with E-state index in [4.69, 9.17) is 27.9 Å². The minimum absolute atomic E-state index is 0.0443. The van der Waals surface area contributed by atoms with Gasteiger partial charge in [0.25, 0.3) is 17.7 Å². The van der Waals surface area contributed by atoms with Gasteiger partial charge in [0, 0.05) is 43.6 Å². The Bertz CT molecular complexity index is 2400. The first-order chi connectivity index (χ1) is 25.0. The van der Waals surface area contributed by atoms with Crippen LogP contribution in [0.4, 0.5) is 28.4 Å². The second-order valence-corrected chi connectivity index (χ2v) is 12.7. The fourth-order valence-electron chi connectivity index (χ4n) is 5.45. The van der Waals surface area contributed by atoms with Crippen LogP contribution in [0.2, 0.25) is 10.0 Å². The van der Waals surface area contributed by atoms with Crippen LogP contribution in [-0.2, 0) is 0 Å². The second kappa shape index (κ2) is 15.3. The summed E-state index contributed by atoms with van der Waals surface area (Å²) in [6, 6.07) is 30.0. The van der Waals surface area contributed by atoms with Gasteiger partial charge in [-0.3, -0.25) is 14.4 Å². The van der Waals surface area contributed by atoms with Gasteiger partial charge in [-0.25, -0.2) is 0 Å². The molecule has 3 amide bonds. The summed E-state index contributed by atoms with van der Waals surface area (Å²) in [7, 11) is 1.45. The molecule has 0 saturated carbocycles. The third kappa shape index (κ3) is 7.88. The maximum atomic E-state index is 13.7. The van der Waals surface area contributed by atoms with Crippen molar-refractivity contribution in [1.82, 2.24) is 0 Å². The average molecular weight is 733 g/mol. The van der Waals surface area contributed by atoms with Gasteiger partial charge in [0.1, 0.15) is 17.1 Å². The van der Waals surface area contributed by atoms with Gasteiger partial charge in [0.2, 0.25) is 0 Å². The quantitative estimate of drug-likeness (QED) is 0.110. The van der Waals surface area contributed by atoms with Crippen LogP contribution >= 0.6 is 23.2 Å². The lowest BCUT2D eigenvalue weighted by molar-refractivity contribution is 0.101. The number of rotatable bonds is 9. The van der Waals surface area contributed by atoms with Crippen molar-refractivity contribution in [2.45, 2.75) is 13.8 Å². The molecule has 0 aliphatic rings. The van der Waals surface area contributed by atoms with Gasteiger partial charge in [0.15, 0.2) is 5.75 Å². The van der Waals surface area contributed by atoms with Gasteiger partial charge < -0.3 is 25.8 Å². The zero-order chi connectivity index (χ0) is 36.9. The summed E-state index contributed by atoms with van der Waals surface area (Å²) in [6.07, 6.45) is 0. The highest BCUT2D eigenvalue weighted by Crippen LogP contribution is 2.41. The molecule has 0 spiro atoms. The van der Waals surface area contributed by atoms with Crippen molar-refractivity contribution in [2.24, 2.45) is 10.2 Å². The second-order valence-electron chi connectivity index (χ2n) is 11.8. The van der Waals surface area contributed by atoms with Crippen molar-refractivity contribution in [2.75, 3.05) is 23.1 Å². The lowest BCUT2D eigenvalue weighted by Gasteiger charge is -2.14. The van der Waals surface area contributed by atoms with Crippen LogP contribution in [0.1, 0.15) is 42.2 Å². The smallest absolute Gasteiger partial charge is 0.259 e.